The second kappa shape index (κ2) is 7.47. The molecule has 0 radical (unpaired) electrons. The number of rotatable bonds is 8. The minimum Gasteiger partial charge on any atom is -0.468 e. The zero-order valence-electron chi connectivity index (χ0n) is 10.8. The molecule has 0 amide bonds. The molecule has 3 heteroatoms. The van der Waals surface area contributed by atoms with Gasteiger partial charge in [0.25, 0.3) is 0 Å². The zero-order valence-corrected chi connectivity index (χ0v) is 10.8. The third-order valence-corrected chi connectivity index (χ3v) is 2.61. The topological polar surface area (TPSA) is 28.4 Å². The summed E-state index contributed by atoms with van der Waals surface area (Å²) in [6, 6.07) is 2.14. The fourth-order valence-electron chi connectivity index (χ4n) is 1.64. The molecule has 0 bridgehead atoms. The molecule has 1 heterocycles. The largest absolute Gasteiger partial charge is 0.468 e. The fourth-order valence-corrected chi connectivity index (χ4v) is 1.64. The van der Waals surface area contributed by atoms with Gasteiger partial charge in [-0.25, -0.2) is 0 Å². The molecule has 0 saturated carbocycles. The van der Waals surface area contributed by atoms with E-state index in [9.17, 15) is 0 Å². The first-order valence-electron chi connectivity index (χ1n) is 6.21. The normalized spacial score (nSPS) is 11.2. The summed E-state index contributed by atoms with van der Waals surface area (Å²) in [6.45, 7) is 8.27. The van der Waals surface area contributed by atoms with Gasteiger partial charge in [0.05, 0.1) is 12.8 Å². The summed E-state index contributed by atoms with van der Waals surface area (Å²) in [5.74, 6) is 1.06. The maximum Gasteiger partial charge on any atom is 0.118 e. The van der Waals surface area contributed by atoms with Gasteiger partial charge in [0.2, 0.25) is 0 Å². The number of furan rings is 1. The van der Waals surface area contributed by atoms with Crippen LogP contribution in [0.5, 0.6) is 0 Å². The second-order valence-corrected chi connectivity index (χ2v) is 4.29. The Morgan fingerprint density at radius 3 is 2.88 bits per heavy atom. The summed E-state index contributed by atoms with van der Waals surface area (Å²) in [5.41, 5.74) is 1.24. The minimum absolute atomic E-state index is 0.901. The van der Waals surface area contributed by atoms with Crippen molar-refractivity contribution in [2.45, 2.75) is 39.8 Å². The van der Waals surface area contributed by atoms with Gasteiger partial charge in [-0.1, -0.05) is 20.3 Å². The lowest BCUT2D eigenvalue weighted by Crippen LogP contribution is -2.18. The lowest BCUT2D eigenvalue weighted by Gasteiger charge is -2.13. The Bertz CT molecular complexity index is 283. The van der Waals surface area contributed by atoms with Crippen LogP contribution in [0.1, 0.15) is 38.0 Å². The highest BCUT2D eigenvalue weighted by atomic mass is 16.3. The van der Waals surface area contributed by atoms with E-state index in [2.05, 4.69) is 37.2 Å². The van der Waals surface area contributed by atoms with Crippen LogP contribution in [0.2, 0.25) is 0 Å². The Kier molecular flexibility index (Phi) is 6.19. The second-order valence-electron chi connectivity index (χ2n) is 4.29. The molecule has 0 unspecified atom stereocenters. The van der Waals surface area contributed by atoms with E-state index in [1.54, 1.807) is 0 Å². The van der Waals surface area contributed by atoms with E-state index in [0.29, 0.717) is 0 Å². The molecular weight excluding hydrogens is 200 g/mol. The quantitative estimate of drug-likeness (QED) is 0.736. The molecule has 0 aliphatic rings. The summed E-state index contributed by atoms with van der Waals surface area (Å²) in [5, 5.41) is 3.29. The first-order valence-corrected chi connectivity index (χ1v) is 6.21. The molecule has 0 aromatic carbocycles. The van der Waals surface area contributed by atoms with Gasteiger partial charge in [-0.2, -0.15) is 0 Å². The van der Waals surface area contributed by atoms with Gasteiger partial charge < -0.3 is 9.73 Å². The van der Waals surface area contributed by atoms with Crippen molar-refractivity contribution < 1.29 is 4.42 Å². The van der Waals surface area contributed by atoms with Crippen molar-refractivity contribution in [3.05, 3.63) is 23.7 Å². The van der Waals surface area contributed by atoms with Crippen LogP contribution < -0.4 is 5.32 Å². The van der Waals surface area contributed by atoms with Crippen molar-refractivity contribution >= 4 is 0 Å². The van der Waals surface area contributed by atoms with Crippen molar-refractivity contribution in [2.24, 2.45) is 0 Å². The zero-order chi connectivity index (χ0) is 11.8. The van der Waals surface area contributed by atoms with Crippen LogP contribution >= 0.6 is 0 Å². The summed E-state index contributed by atoms with van der Waals surface area (Å²) < 4.78 is 5.53. The monoisotopic (exact) mass is 224 g/mol. The maximum absolute atomic E-state index is 5.53. The van der Waals surface area contributed by atoms with Gasteiger partial charge in [0.15, 0.2) is 0 Å². The Morgan fingerprint density at radius 2 is 2.19 bits per heavy atom. The van der Waals surface area contributed by atoms with E-state index in [1.807, 2.05) is 6.26 Å². The molecular formula is C13H24N2O. The Hall–Kier alpha value is -0.800. The standard InChI is InChI=1S/C13H24N2O/c1-4-6-7-15(3)10-13-8-12(11-16-13)9-14-5-2/h8,11,14H,4-7,9-10H2,1-3H3. The molecule has 1 rings (SSSR count). The van der Waals surface area contributed by atoms with E-state index in [4.69, 9.17) is 4.42 Å². The highest BCUT2D eigenvalue weighted by Gasteiger charge is 2.04. The molecule has 0 atom stereocenters. The van der Waals surface area contributed by atoms with Gasteiger partial charge in [0.1, 0.15) is 5.76 Å². The van der Waals surface area contributed by atoms with E-state index >= 15 is 0 Å². The molecule has 0 fully saturated rings. The summed E-state index contributed by atoms with van der Waals surface area (Å²) in [6.07, 6.45) is 4.35. The molecule has 3 nitrogen and oxygen atoms in total. The maximum atomic E-state index is 5.53. The molecule has 0 spiro atoms. The molecule has 1 N–H and O–H groups in total. The third kappa shape index (κ3) is 4.81. The highest BCUT2D eigenvalue weighted by molar-refractivity contribution is 5.12. The first kappa shape index (κ1) is 13.3. The first-order chi connectivity index (χ1) is 7.76. The number of nitrogens with zero attached hydrogens (tertiary/aromatic N) is 1. The van der Waals surface area contributed by atoms with Crippen molar-refractivity contribution in [1.82, 2.24) is 10.2 Å². The van der Waals surface area contributed by atoms with Crippen LogP contribution in [0.4, 0.5) is 0 Å². The average Bonchev–Trinajstić information content (AvgIpc) is 2.71. The number of hydrogen-bond acceptors (Lipinski definition) is 3. The Balaban J connectivity index is 2.33. The van der Waals surface area contributed by atoms with Crippen LogP contribution in [-0.2, 0) is 13.1 Å². The van der Waals surface area contributed by atoms with Crippen molar-refractivity contribution in [3.63, 3.8) is 0 Å². The van der Waals surface area contributed by atoms with Gasteiger partial charge in [0, 0.05) is 12.1 Å². The van der Waals surface area contributed by atoms with Crippen LogP contribution in [0.3, 0.4) is 0 Å². The Morgan fingerprint density at radius 1 is 1.38 bits per heavy atom. The molecule has 92 valence electrons. The van der Waals surface area contributed by atoms with Crippen molar-refractivity contribution in [1.29, 1.82) is 0 Å². The van der Waals surface area contributed by atoms with Gasteiger partial charge in [-0.3, -0.25) is 4.90 Å². The average molecular weight is 224 g/mol. The number of unbranched alkanes of at least 4 members (excludes halogenated alkanes) is 1. The van der Waals surface area contributed by atoms with E-state index in [1.165, 1.54) is 18.4 Å². The predicted octanol–water partition coefficient (Wildman–Crippen LogP) is 2.62. The van der Waals surface area contributed by atoms with Crippen LogP contribution in [0.15, 0.2) is 16.7 Å². The SMILES string of the molecule is CCCCN(C)Cc1cc(CNCC)co1. The number of hydrogen-bond donors (Lipinski definition) is 1. The van der Waals surface area contributed by atoms with Gasteiger partial charge in [-0.05, 0) is 32.6 Å². The highest BCUT2D eigenvalue weighted by Crippen LogP contribution is 2.10. The lowest BCUT2D eigenvalue weighted by molar-refractivity contribution is 0.290. The van der Waals surface area contributed by atoms with E-state index < -0.39 is 0 Å². The lowest BCUT2D eigenvalue weighted by atomic mass is 10.3. The molecule has 16 heavy (non-hydrogen) atoms. The van der Waals surface area contributed by atoms with Crippen LogP contribution in [-0.4, -0.2) is 25.0 Å². The van der Waals surface area contributed by atoms with Crippen molar-refractivity contribution in [3.8, 4) is 0 Å². The fraction of sp³-hybridized carbons (Fsp3) is 0.692. The van der Waals surface area contributed by atoms with Crippen molar-refractivity contribution in [2.75, 3.05) is 20.1 Å². The molecule has 0 saturated heterocycles. The molecule has 0 aliphatic heterocycles. The smallest absolute Gasteiger partial charge is 0.118 e. The van der Waals surface area contributed by atoms with Gasteiger partial charge in [-0.15, -0.1) is 0 Å². The number of nitrogens with one attached hydrogen (secondary N) is 1. The molecule has 0 aliphatic carbocycles. The van der Waals surface area contributed by atoms with Gasteiger partial charge >= 0.3 is 0 Å². The minimum atomic E-state index is 0.901. The Labute approximate surface area is 98.8 Å². The predicted molar refractivity (Wildman–Crippen MR) is 67.3 cm³/mol. The third-order valence-electron chi connectivity index (χ3n) is 2.61. The summed E-state index contributed by atoms with van der Waals surface area (Å²) >= 11 is 0. The molecule has 1 aromatic heterocycles. The van der Waals surface area contributed by atoms with E-state index in [-0.39, 0.29) is 0 Å². The molecule has 1 aromatic rings. The summed E-state index contributed by atoms with van der Waals surface area (Å²) in [7, 11) is 2.14. The van der Waals surface area contributed by atoms with Crippen LogP contribution in [0.25, 0.3) is 0 Å². The summed E-state index contributed by atoms with van der Waals surface area (Å²) in [4.78, 5) is 2.30. The van der Waals surface area contributed by atoms with E-state index in [0.717, 1.165) is 31.9 Å². The van der Waals surface area contributed by atoms with Crippen LogP contribution in [0, 0.1) is 0 Å².